The molecule has 28 heavy (non-hydrogen) atoms. The molecule has 1 N–H and O–H groups in total. The molecule has 3 aromatic carbocycles. The number of fused-ring (bicyclic) bond motifs is 1. The SMILES string of the molecule is Fc1ccc(CNCCc2nc3ccccc3n2Cc2ccc(F)cc2)cc1. The van der Waals surface area contributed by atoms with Gasteiger partial charge in [0, 0.05) is 26.1 Å². The third-order valence-electron chi connectivity index (χ3n) is 4.76. The lowest BCUT2D eigenvalue weighted by Crippen LogP contribution is -2.19. The van der Waals surface area contributed by atoms with Crippen LogP contribution in [-0.2, 0) is 19.5 Å². The minimum atomic E-state index is -0.232. The second-order valence-corrected chi connectivity index (χ2v) is 6.78. The highest BCUT2D eigenvalue weighted by atomic mass is 19.1. The third kappa shape index (κ3) is 4.26. The van der Waals surface area contributed by atoms with Crippen LogP contribution in [0.2, 0.25) is 0 Å². The van der Waals surface area contributed by atoms with Crippen LogP contribution >= 0.6 is 0 Å². The lowest BCUT2D eigenvalue weighted by Gasteiger charge is -2.10. The van der Waals surface area contributed by atoms with E-state index in [1.165, 1.54) is 24.3 Å². The summed E-state index contributed by atoms with van der Waals surface area (Å²) in [4.78, 5) is 4.78. The van der Waals surface area contributed by atoms with Crippen LogP contribution in [0.4, 0.5) is 8.78 Å². The number of nitrogens with zero attached hydrogens (tertiary/aromatic N) is 2. The van der Waals surface area contributed by atoms with Crippen molar-refractivity contribution in [3.63, 3.8) is 0 Å². The summed E-state index contributed by atoms with van der Waals surface area (Å²) in [6, 6.07) is 21.1. The molecule has 0 amide bonds. The first kappa shape index (κ1) is 18.3. The quantitative estimate of drug-likeness (QED) is 0.473. The lowest BCUT2D eigenvalue weighted by atomic mass is 10.2. The Bertz CT molecular complexity index is 1050. The molecular weight excluding hydrogens is 356 g/mol. The number of hydrogen-bond donors (Lipinski definition) is 1. The van der Waals surface area contributed by atoms with Gasteiger partial charge in [0.25, 0.3) is 0 Å². The predicted molar refractivity (Wildman–Crippen MR) is 107 cm³/mol. The van der Waals surface area contributed by atoms with E-state index in [4.69, 9.17) is 4.98 Å². The van der Waals surface area contributed by atoms with E-state index in [0.717, 1.165) is 41.0 Å². The molecule has 142 valence electrons. The highest BCUT2D eigenvalue weighted by Gasteiger charge is 2.11. The van der Waals surface area contributed by atoms with E-state index in [1.54, 1.807) is 24.3 Å². The van der Waals surface area contributed by atoms with E-state index in [-0.39, 0.29) is 11.6 Å². The number of aromatic nitrogens is 2. The minimum Gasteiger partial charge on any atom is -0.323 e. The Hall–Kier alpha value is -3.05. The molecule has 0 saturated carbocycles. The molecule has 0 bridgehead atoms. The van der Waals surface area contributed by atoms with Gasteiger partial charge in [-0.3, -0.25) is 0 Å². The van der Waals surface area contributed by atoms with E-state index < -0.39 is 0 Å². The molecule has 0 atom stereocenters. The van der Waals surface area contributed by atoms with Crippen molar-refractivity contribution in [2.75, 3.05) is 6.54 Å². The molecule has 0 fully saturated rings. The Balaban J connectivity index is 1.48. The minimum absolute atomic E-state index is 0.224. The maximum Gasteiger partial charge on any atom is 0.123 e. The lowest BCUT2D eigenvalue weighted by molar-refractivity contribution is 0.622. The summed E-state index contributed by atoms with van der Waals surface area (Å²) in [5, 5.41) is 3.39. The number of benzene rings is 3. The number of para-hydroxylation sites is 2. The first-order valence-corrected chi connectivity index (χ1v) is 9.33. The Morgan fingerprint density at radius 2 is 1.43 bits per heavy atom. The van der Waals surface area contributed by atoms with E-state index in [0.29, 0.717) is 13.1 Å². The highest BCUT2D eigenvalue weighted by Crippen LogP contribution is 2.18. The van der Waals surface area contributed by atoms with E-state index in [9.17, 15) is 8.78 Å². The van der Waals surface area contributed by atoms with Crippen LogP contribution in [0.25, 0.3) is 11.0 Å². The number of hydrogen-bond acceptors (Lipinski definition) is 2. The van der Waals surface area contributed by atoms with Gasteiger partial charge < -0.3 is 9.88 Å². The molecule has 1 aromatic heterocycles. The Morgan fingerprint density at radius 1 is 0.786 bits per heavy atom. The van der Waals surface area contributed by atoms with Gasteiger partial charge in [0.2, 0.25) is 0 Å². The number of halogens is 2. The number of imidazole rings is 1. The molecule has 3 nitrogen and oxygen atoms in total. The van der Waals surface area contributed by atoms with E-state index >= 15 is 0 Å². The zero-order valence-corrected chi connectivity index (χ0v) is 15.4. The maximum absolute atomic E-state index is 13.2. The van der Waals surface area contributed by atoms with Crippen molar-refractivity contribution >= 4 is 11.0 Å². The standard InChI is InChI=1S/C23H21F2N3/c24-19-9-5-17(6-10-19)15-26-14-13-23-27-21-3-1-2-4-22(21)28(23)16-18-7-11-20(25)12-8-18/h1-12,26H,13-16H2. The molecule has 0 unspecified atom stereocenters. The molecule has 5 heteroatoms. The monoisotopic (exact) mass is 377 g/mol. The zero-order valence-electron chi connectivity index (χ0n) is 15.4. The Morgan fingerprint density at radius 3 is 2.14 bits per heavy atom. The summed E-state index contributed by atoms with van der Waals surface area (Å²) in [5.74, 6) is 0.528. The van der Waals surface area contributed by atoms with Gasteiger partial charge in [0.1, 0.15) is 17.5 Å². The van der Waals surface area contributed by atoms with Gasteiger partial charge in [0.15, 0.2) is 0 Å². The van der Waals surface area contributed by atoms with Crippen LogP contribution in [0.5, 0.6) is 0 Å². The number of rotatable bonds is 7. The van der Waals surface area contributed by atoms with Gasteiger partial charge in [-0.1, -0.05) is 36.4 Å². The second kappa shape index (κ2) is 8.31. The normalized spacial score (nSPS) is 11.2. The molecule has 4 rings (SSSR count). The molecule has 1 heterocycles. The average molecular weight is 377 g/mol. The average Bonchev–Trinajstić information content (AvgIpc) is 3.06. The topological polar surface area (TPSA) is 29.9 Å². The molecule has 0 aliphatic carbocycles. The fraction of sp³-hybridized carbons (Fsp3) is 0.174. The molecule has 0 spiro atoms. The molecule has 0 radical (unpaired) electrons. The van der Waals surface area contributed by atoms with E-state index in [2.05, 4.69) is 16.0 Å². The molecular formula is C23H21F2N3. The fourth-order valence-electron chi connectivity index (χ4n) is 3.30. The third-order valence-corrected chi connectivity index (χ3v) is 4.76. The van der Waals surface area contributed by atoms with Gasteiger partial charge in [-0.2, -0.15) is 0 Å². The number of nitrogens with one attached hydrogen (secondary N) is 1. The van der Waals surface area contributed by atoms with Crippen molar-refractivity contribution in [2.24, 2.45) is 0 Å². The van der Waals surface area contributed by atoms with Crippen LogP contribution in [-0.4, -0.2) is 16.1 Å². The summed E-state index contributed by atoms with van der Waals surface area (Å²) in [5.41, 5.74) is 4.10. The first-order chi connectivity index (χ1) is 13.7. The van der Waals surface area contributed by atoms with Crippen molar-refractivity contribution in [1.29, 1.82) is 0 Å². The first-order valence-electron chi connectivity index (χ1n) is 9.33. The second-order valence-electron chi connectivity index (χ2n) is 6.78. The Kier molecular flexibility index (Phi) is 5.44. The van der Waals surface area contributed by atoms with Gasteiger partial charge in [-0.25, -0.2) is 13.8 Å². The van der Waals surface area contributed by atoms with E-state index in [1.807, 2.05) is 18.2 Å². The van der Waals surface area contributed by atoms with Crippen LogP contribution in [0.15, 0.2) is 72.8 Å². The molecule has 0 aliphatic rings. The molecule has 4 aromatic rings. The smallest absolute Gasteiger partial charge is 0.123 e. The summed E-state index contributed by atoms with van der Waals surface area (Å²) in [7, 11) is 0. The summed E-state index contributed by atoms with van der Waals surface area (Å²) >= 11 is 0. The van der Waals surface area contributed by atoms with Crippen molar-refractivity contribution in [3.05, 3.63) is 101 Å². The zero-order chi connectivity index (χ0) is 19.3. The Labute approximate surface area is 162 Å². The van der Waals surface area contributed by atoms with Crippen LogP contribution < -0.4 is 5.32 Å². The van der Waals surface area contributed by atoms with Gasteiger partial charge in [-0.05, 0) is 47.5 Å². The maximum atomic E-state index is 13.2. The summed E-state index contributed by atoms with van der Waals surface area (Å²) < 4.78 is 28.4. The van der Waals surface area contributed by atoms with Gasteiger partial charge in [-0.15, -0.1) is 0 Å². The summed E-state index contributed by atoms with van der Waals surface area (Å²) in [6.07, 6.45) is 0.761. The predicted octanol–water partition coefficient (Wildman–Crippen LogP) is 4.70. The van der Waals surface area contributed by atoms with Gasteiger partial charge in [0.05, 0.1) is 11.0 Å². The van der Waals surface area contributed by atoms with Gasteiger partial charge >= 0.3 is 0 Å². The van der Waals surface area contributed by atoms with Crippen molar-refractivity contribution < 1.29 is 8.78 Å². The van der Waals surface area contributed by atoms with Crippen LogP contribution in [0.3, 0.4) is 0 Å². The molecule has 0 aliphatic heterocycles. The molecule has 0 saturated heterocycles. The van der Waals surface area contributed by atoms with Crippen molar-refractivity contribution in [2.45, 2.75) is 19.5 Å². The van der Waals surface area contributed by atoms with Crippen LogP contribution in [0, 0.1) is 11.6 Å². The van der Waals surface area contributed by atoms with Crippen molar-refractivity contribution in [3.8, 4) is 0 Å². The fourth-order valence-corrected chi connectivity index (χ4v) is 3.30. The van der Waals surface area contributed by atoms with Crippen molar-refractivity contribution in [1.82, 2.24) is 14.9 Å². The highest BCUT2D eigenvalue weighted by molar-refractivity contribution is 5.76. The van der Waals surface area contributed by atoms with Crippen LogP contribution in [0.1, 0.15) is 17.0 Å². The largest absolute Gasteiger partial charge is 0.323 e. The summed E-state index contributed by atoms with van der Waals surface area (Å²) in [6.45, 7) is 2.08.